The summed E-state index contributed by atoms with van der Waals surface area (Å²) >= 11 is 6.03. The molecule has 1 aromatic rings. The van der Waals surface area contributed by atoms with E-state index in [2.05, 4.69) is 5.32 Å². The maximum absolute atomic E-state index is 13.4. The molecular weight excluding hydrogens is 224 g/mol. The van der Waals surface area contributed by atoms with Crippen molar-refractivity contribution in [1.29, 1.82) is 0 Å². The van der Waals surface area contributed by atoms with E-state index in [0.717, 1.165) is 18.5 Å². The monoisotopic (exact) mass is 235 g/mol. The molecule has 0 unspecified atom stereocenters. The Morgan fingerprint density at radius 1 is 1.50 bits per heavy atom. The molecule has 1 nitrogen and oxygen atoms in total. The van der Waals surface area contributed by atoms with E-state index in [1.54, 1.807) is 6.07 Å². The molecule has 0 amide bonds. The van der Waals surface area contributed by atoms with Crippen LogP contribution < -0.4 is 5.32 Å². The van der Waals surface area contributed by atoms with Gasteiger partial charge < -0.3 is 5.32 Å². The fourth-order valence-electron chi connectivity index (χ4n) is 1.53. The standard InChI is InChI=1S/C10H11ClFN.ClH/c1-6-2-3-7(12)9(10(6)11)8-4-5-13-8;/h2-3,8,13H,4-5H2,1H3;1H/t8-;/m0./s1. The van der Waals surface area contributed by atoms with Crippen molar-refractivity contribution in [3.05, 3.63) is 34.1 Å². The zero-order valence-corrected chi connectivity index (χ0v) is 9.38. The third-order valence-electron chi connectivity index (χ3n) is 2.49. The summed E-state index contributed by atoms with van der Waals surface area (Å²) in [5.74, 6) is -0.201. The third-order valence-corrected chi connectivity index (χ3v) is 2.99. The summed E-state index contributed by atoms with van der Waals surface area (Å²) in [6.07, 6.45) is 0.972. The molecule has 1 fully saturated rings. The van der Waals surface area contributed by atoms with E-state index in [4.69, 9.17) is 11.6 Å². The molecule has 1 N–H and O–H groups in total. The minimum Gasteiger partial charge on any atom is -0.310 e. The molecule has 0 bridgehead atoms. The Kier molecular flexibility index (Phi) is 3.76. The van der Waals surface area contributed by atoms with Gasteiger partial charge in [0.25, 0.3) is 0 Å². The predicted molar refractivity (Wildman–Crippen MR) is 58.8 cm³/mol. The van der Waals surface area contributed by atoms with Crippen LogP contribution >= 0.6 is 24.0 Å². The van der Waals surface area contributed by atoms with Gasteiger partial charge >= 0.3 is 0 Å². The van der Waals surface area contributed by atoms with E-state index < -0.39 is 0 Å². The van der Waals surface area contributed by atoms with Crippen molar-refractivity contribution in [3.8, 4) is 0 Å². The molecule has 4 heteroatoms. The first-order valence-corrected chi connectivity index (χ1v) is 4.76. The smallest absolute Gasteiger partial charge is 0.129 e. The molecule has 1 aliphatic heterocycles. The highest BCUT2D eigenvalue weighted by Gasteiger charge is 2.24. The number of nitrogens with one attached hydrogen (secondary N) is 1. The van der Waals surface area contributed by atoms with Crippen molar-refractivity contribution in [2.24, 2.45) is 0 Å². The molecule has 14 heavy (non-hydrogen) atoms. The first-order valence-electron chi connectivity index (χ1n) is 4.38. The Hall–Kier alpha value is -0.310. The lowest BCUT2D eigenvalue weighted by Gasteiger charge is -2.29. The van der Waals surface area contributed by atoms with Gasteiger partial charge in [-0.15, -0.1) is 12.4 Å². The predicted octanol–water partition coefficient (Wildman–Crippen LogP) is 3.24. The Morgan fingerprint density at radius 2 is 2.14 bits per heavy atom. The van der Waals surface area contributed by atoms with Crippen LogP contribution in [0.1, 0.15) is 23.6 Å². The summed E-state index contributed by atoms with van der Waals surface area (Å²) < 4.78 is 13.4. The lowest BCUT2D eigenvalue weighted by molar-refractivity contribution is 0.370. The van der Waals surface area contributed by atoms with Gasteiger partial charge in [0.15, 0.2) is 0 Å². The number of benzene rings is 1. The maximum Gasteiger partial charge on any atom is 0.129 e. The van der Waals surface area contributed by atoms with Crippen LogP contribution in [-0.4, -0.2) is 6.54 Å². The van der Waals surface area contributed by atoms with Gasteiger partial charge in [-0.3, -0.25) is 0 Å². The third kappa shape index (κ3) is 1.88. The molecule has 2 rings (SSSR count). The topological polar surface area (TPSA) is 12.0 Å². The van der Waals surface area contributed by atoms with Crippen LogP contribution in [0, 0.1) is 12.7 Å². The van der Waals surface area contributed by atoms with E-state index in [-0.39, 0.29) is 24.3 Å². The average molecular weight is 236 g/mol. The summed E-state index contributed by atoms with van der Waals surface area (Å²) in [7, 11) is 0. The fraction of sp³-hybridized carbons (Fsp3) is 0.400. The van der Waals surface area contributed by atoms with Crippen molar-refractivity contribution >= 4 is 24.0 Å². The van der Waals surface area contributed by atoms with Gasteiger partial charge in [0.2, 0.25) is 0 Å². The molecule has 1 aromatic carbocycles. The van der Waals surface area contributed by atoms with Gasteiger partial charge in [-0.25, -0.2) is 4.39 Å². The van der Waals surface area contributed by atoms with Crippen molar-refractivity contribution in [2.75, 3.05) is 6.54 Å². The molecule has 78 valence electrons. The average Bonchev–Trinajstić information content (AvgIpc) is 2.02. The molecule has 0 aliphatic carbocycles. The van der Waals surface area contributed by atoms with Gasteiger partial charge in [-0.2, -0.15) is 0 Å². The van der Waals surface area contributed by atoms with Crippen LogP contribution in [0.5, 0.6) is 0 Å². The van der Waals surface area contributed by atoms with Crippen LogP contribution in [0.25, 0.3) is 0 Å². The van der Waals surface area contributed by atoms with Gasteiger partial charge in [-0.05, 0) is 31.5 Å². The van der Waals surface area contributed by atoms with E-state index in [1.165, 1.54) is 6.07 Å². The fourth-order valence-corrected chi connectivity index (χ4v) is 1.82. The number of hydrogen-bond acceptors (Lipinski definition) is 1. The second kappa shape index (κ2) is 4.47. The zero-order chi connectivity index (χ0) is 9.42. The van der Waals surface area contributed by atoms with Crippen molar-refractivity contribution in [1.82, 2.24) is 5.32 Å². The second-order valence-electron chi connectivity index (χ2n) is 3.39. The SMILES string of the molecule is Cc1ccc(F)c([C@@H]2CCN2)c1Cl.Cl. The normalized spacial score (nSPS) is 19.8. The maximum atomic E-state index is 13.4. The Morgan fingerprint density at radius 3 is 2.64 bits per heavy atom. The van der Waals surface area contributed by atoms with Gasteiger partial charge in [-0.1, -0.05) is 17.7 Å². The van der Waals surface area contributed by atoms with Crippen molar-refractivity contribution in [3.63, 3.8) is 0 Å². The summed E-state index contributed by atoms with van der Waals surface area (Å²) in [5.41, 5.74) is 1.57. The van der Waals surface area contributed by atoms with Crippen LogP contribution in [0.4, 0.5) is 4.39 Å². The van der Waals surface area contributed by atoms with Crippen molar-refractivity contribution in [2.45, 2.75) is 19.4 Å². The van der Waals surface area contributed by atoms with E-state index in [0.29, 0.717) is 10.6 Å². The highest BCUT2D eigenvalue weighted by molar-refractivity contribution is 6.32. The Labute approximate surface area is 94.1 Å². The number of rotatable bonds is 1. The van der Waals surface area contributed by atoms with E-state index in [9.17, 15) is 4.39 Å². The van der Waals surface area contributed by atoms with Crippen LogP contribution in [0.15, 0.2) is 12.1 Å². The summed E-state index contributed by atoms with van der Waals surface area (Å²) in [6, 6.07) is 3.31. The summed E-state index contributed by atoms with van der Waals surface area (Å²) in [4.78, 5) is 0. The quantitative estimate of drug-likeness (QED) is 0.789. The summed E-state index contributed by atoms with van der Waals surface area (Å²) in [6.45, 7) is 2.85. The van der Waals surface area contributed by atoms with Crippen molar-refractivity contribution < 1.29 is 4.39 Å². The Bertz CT molecular complexity index is 337. The molecule has 0 aromatic heterocycles. The first kappa shape index (κ1) is 11.8. The van der Waals surface area contributed by atoms with E-state index in [1.807, 2.05) is 6.92 Å². The molecule has 0 saturated carbocycles. The molecule has 0 spiro atoms. The van der Waals surface area contributed by atoms with Gasteiger partial charge in [0, 0.05) is 11.6 Å². The highest BCUT2D eigenvalue weighted by Crippen LogP contribution is 2.33. The molecule has 1 aliphatic rings. The summed E-state index contributed by atoms with van der Waals surface area (Å²) in [5, 5.41) is 3.71. The minimum atomic E-state index is -0.201. The number of aryl methyl sites for hydroxylation is 1. The van der Waals surface area contributed by atoms with Crippen LogP contribution in [0.2, 0.25) is 5.02 Å². The lowest BCUT2D eigenvalue weighted by Crippen LogP contribution is -2.35. The largest absolute Gasteiger partial charge is 0.310 e. The molecule has 1 atom stereocenters. The second-order valence-corrected chi connectivity index (χ2v) is 3.77. The zero-order valence-electron chi connectivity index (χ0n) is 7.81. The molecular formula is C10H12Cl2FN. The van der Waals surface area contributed by atoms with E-state index >= 15 is 0 Å². The van der Waals surface area contributed by atoms with Gasteiger partial charge in [0.05, 0.1) is 5.02 Å². The van der Waals surface area contributed by atoms with Gasteiger partial charge in [0.1, 0.15) is 5.82 Å². The lowest BCUT2D eigenvalue weighted by atomic mass is 9.96. The minimum absolute atomic E-state index is 0. The van der Waals surface area contributed by atoms with Crippen LogP contribution in [0.3, 0.4) is 0 Å². The Balaban J connectivity index is 0.000000980. The number of halogens is 3. The molecule has 0 radical (unpaired) electrons. The number of hydrogen-bond donors (Lipinski definition) is 1. The first-order chi connectivity index (χ1) is 6.20. The van der Waals surface area contributed by atoms with Crippen LogP contribution in [-0.2, 0) is 0 Å². The molecule has 1 saturated heterocycles. The molecule has 1 heterocycles. The highest BCUT2D eigenvalue weighted by atomic mass is 35.5.